The summed E-state index contributed by atoms with van der Waals surface area (Å²) < 4.78 is 5.77. The van der Waals surface area contributed by atoms with Crippen LogP contribution in [-0.2, 0) is 6.54 Å². The first kappa shape index (κ1) is 12.2. The van der Waals surface area contributed by atoms with Crippen LogP contribution < -0.4 is 10.1 Å². The molecule has 2 aromatic carbocycles. The average Bonchev–Trinajstić information content (AvgIpc) is 3.26. The van der Waals surface area contributed by atoms with E-state index in [1.807, 2.05) is 42.5 Å². The Labute approximate surface area is 114 Å². The molecule has 0 radical (unpaired) electrons. The average molecular weight is 253 g/mol. The molecule has 2 nitrogen and oxygen atoms in total. The highest BCUT2D eigenvalue weighted by Crippen LogP contribution is 2.27. The third-order valence-corrected chi connectivity index (χ3v) is 3.36. The second kappa shape index (κ2) is 5.89. The van der Waals surface area contributed by atoms with Gasteiger partial charge in [0.1, 0.15) is 11.5 Å². The second-order valence-corrected chi connectivity index (χ2v) is 5.13. The number of nitrogens with one attached hydrogen (secondary N) is 1. The normalized spacial score (nSPS) is 14.3. The predicted molar refractivity (Wildman–Crippen MR) is 77.4 cm³/mol. The SMILES string of the molecule is c1ccc(Oc2ccc(CNCC3CC3)cc2)cc1. The van der Waals surface area contributed by atoms with Crippen molar-refractivity contribution in [2.45, 2.75) is 19.4 Å². The molecule has 1 saturated carbocycles. The molecule has 98 valence electrons. The Kier molecular flexibility index (Phi) is 3.80. The molecular weight excluding hydrogens is 234 g/mol. The van der Waals surface area contributed by atoms with E-state index in [2.05, 4.69) is 17.4 Å². The number of ether oxygens (including phenoxy) is 1. The van der Waals surface area contributed by atoms with E-state index < -0.39 is 0 Å². The number of hydrogen-bond acceptors (Lipinski definition) is 2. The summed E-state index contributed by atoms with van der Waals surface area (Å²) in [6.07, 6.45) is 2.80. The minimum Gasteiger partial charge on any atom is -0.457 e. The number of para-hydroxylation sites is 1. The van der Waals surface area contributed by atoms with Crippen LogP contribution in [0.4, 0.5) is 0 Å². The van der Waals surface area contributed by atoms with Crippen molar-refractivity contribution in [3.05, 3.63) is 60.2 Å². The summed E-state index contributed by atoms with van der Waals surface area (Å²) in [5.41, 5.74) is 1.31. The van der Waals surface area contributed by atoms with Gasteiger partial charge < -0.3 is 10.1 Å². The molecule has 2 aromatic rings. The van der Waals surface area contributed by atoms with E-state index in [0.717, 1.165) is 30.5 Å². The molecule has 2 heteroatoms. The van der Waals surface area contributed by atoms with Gasteiger partial charge in [-0.25, -0.2) is 0 Å². The molecule has 0 aliphatic heterocycles. The van der Waals surface area contributed by atoms with Crippen LogP contribution in [0.1, 0.15) is 18.4 Å². The molecule has 0 unspecified atom stereocenters. The molecule has 0 bridgehead atoms. The summed E-state index contributed by atoms with van der Waals surface area (Å²) in [4.78, 5) is 0. The maximum absolute atomic E-state index is 5.77. The summed E-state index contributed by atoms with van der Waals surface area (Å²) >= 11 is 0. The molecule has 0 saturated heterocycles. The Morgan fingerprint density at radius 1 is 0.895 bits per heavy atom. The molecule has 0 aromatic heterocycles. The van der Waals surface area contributed by atoms with E-state index in [-0.39, 0.29) is 0 Å². The molecular formula is C17H19NO. The Hall–Kier alpha value is -1.80. The summed E-state index contributed by atoms with van der Waals surface area (Å²) in [6, 6.07) is 18.2. The van der Waals surface area contributed by atoms with Gasteiger partial charge in [-0.1, -0.05) is 30.3 Å². The molecule has 1 fully saturated rings. The van der Waals surface area contributed by atoms with Gasteiger partial charge in [-0.15, -0.1) is 0 Å². The van der Waals surface area contributed by atoms with Gasteiger partial charge in [-0.3, -0.25) is 0 Å². The number of benzene rings is 2. The van der Waals surface area contributed by atoms with Crippen LogP contribution >= 0.6 is 0 Å². The molecule has 0 amide bonds. The van der Waals surface area contributed by atoms with Crippen LogP contribution in [-0.4, -0.2) is 6.54 Å². The largest absolute Gasteiger partial charge is 0.457 e. The lowest BCUT2D eigenvalue weighted by Gasteiger charge is -2.07. The van der Waals surface area contributed by atoms with Gasteiger partial charge in [-0.05, 0) is 55.1 Å². The zero-order chi connectivity index (χ0) is 12.9. The van der Waals surface area contributed by atoms with Gasteiger partial charge >= 0.3 is 0 Å². The first-order valence-electron chi connectivity index (χ1n) is 6.93. The maximum Gasteiger partial charge on any atom is 0.127 e. The maximum atomic E-state index is 5.77. The Bertz CT molecular complexity index is 503. The van der Waals surface area contributed by atoms with Crippen molar-refractivity contribution in [2.75, 3.05) is 6.54 Å². The third-order valence-electron chi connectivity index (χ3n) is 3.36. The van der Waals surface area contributed by atoms with Gasteiger partial charge in [-0.2, -0.15) is 0 Å². The van der Waals surface area contributed by atoms with E-state index in [1.165, 1.54) is 18.4 Å². The van der Waals surface area contributed by atoms with Crippen molar-refractivity contribution in [3.63, 3.8) is 0 Å². The van der Waals surface area contributed by atoms with Crippen LogP contribution in [0.3, 0.4) is 0 Å². The lowest BCUT2D eigenvalue weighted by Crippen LogP contribution is -2.15. The van der Waals surface area contributed by atoms with Crippen molar-refractivity contribution in [2.24, 2.45) is 5.92 Å². The summed E-state index contributed by atoms with van der Waals surface area (Å²) in [5.74, 6) is 2.69. The van der Waals surface area contributed by atoms with E-state index in [1.54, 1.807) is 0 Å². The minimum absolute atomic E-state index is 0.877. The van der Waals surface area contributed by atoms with Gasteiger partial charge in [0.25, 0.3) is 0 Å². The Morgan fingerprint density at radius 3 is 2.26 bits per heavy atom. The van der Waals surface area contributed by atoms with E-state index in [4.69, 9.17) is 4.74 Å². The van der Waals surface area contributed by atoms with Crippen molar-refractivity contribution < 1.29 is 4.74 Å². The Balaban J connectivity index is 1.52. The topological polar surface area (TPSA) is 21.3 Å². The molecule has 3 rings (SSSR count). The van der Waals surface area contributed by atoms with Gasteiger partial charge in [0.2, 0.25) is 0 Å². The van der Waals surface area contributed by atoms with E-state index >= 15 is 0 Å². The zero-order valence-electron chi connectivity index (χ0n) is 11.0. The van der Waals surface area contributed by atoms with Crippen LogP contribution in [0.15, 0.2) is 54.6 Å². The standard InChI is InChI=1S/C17H19NO/c1-2-4-16(5-3-1)19-17-10-8-15(9-11-17)13-18-12-14-6-7-14/h1-5,8-11,14,18H,6-7,12-13H2. The molecule has 1 N–H and O–H groups in total. The fourth-order valence-electron chi connectivity index (χ4n) is 2.04. The quantitative estimate of drug-likeness (QED) is 0.840. The highest BCUT2D eigenvalue weighted by Gasteiger charge is 2.19. The van der Waals surface area contributed by atoms with Gasteiger partial charge in [0.05, 0.1) is 0 Å². The fraction of sp³-hybridized carbons (Fsp3) is 0.294. The number of hydrogen-bond donors (Lipinski definition) is 1. The predicted octanol–water partition coefficient (Wildman–Crippen LogP) is 3.98. The van der Waals surface area contributed by atoms with Gasteiger partial charge in [0.15, 0.2) is 0 Å². The smallest absolute Gasteiger partial charge is 0.127 e. The van der Waals surface area contributed by atoms with Crippen molar-refractivity contribution in [1.82, 2.24) is 5.32 Å². The molecule has 0 heterocycles. The molecule has 0 spiro atoms. The van der Waals surface area contributed by atoms with Crippen molar-refractivity contribution in [3.8, 4) is 11.5 Å². The first-order valence-corrected chi connectivity index (χ1v) is 6.93. The highest BCUT2D eigenvalue weighted by atomic mass is 16.5. The molecule has 0 atom stereocenters. The number of rotatable bonds is 6. The third kappa shape index (κ3) is 3.83. The van der Waals surface area contributed by atoms with Crippen LogP contribution in [0.2, 0.25) is 0 Å². The summed E-state index contributed by atoms with van der Waals surface area (Å²) in [6.45, 7) is 2.10. The Morgan fingerprint density at radius 2 is 1.58 bits per heavy atom. The van der Waals surface area contributed by atoms with Gasteiger partial charge in [0, 0.05) is 6.54 Å². The first-order chi connectivity index (χ1) is 9.40. The van der Waals surface area contributed by atoms with Crippen molar-refractivity contribution in [1.29, 1.82) is 0 Å². The minimum atomic E-state index is 0.877. The summed E-state index contributed by atoms with van der Waals surface area (Å²) in [5, 5.41) is 3.49. The highest BCUT2D eigenvalue weighted by molar-refractivity contribution is 5.32. The lowest BCUT2D eigenvalue weighted by atomic mass is 10.2. The molecule has 1 aliphatic carbocycles. The summed E-state index contributed by atoms with van der Waals surface area (Å²) in [7, 11) is 0. The van der Waals surface area contributed by atoms with Crippen LogP contribution in [0, 0.1) is 5.92 Å². The van der Waals surface area contributed by atoms with Crippen LogP contribution in [0.5, 0.6) is 11.5 Å². The van der Waals surface area contributed by atoms with E-state index in [0.29, 0.717) is 0 Å². The van der Waals surface area contributed by atoms with Crippen molar-refractivity contribution >= 4 is 0 Å². The van der Waals surface area contributed by atoms with E-state index in [9.17, 15) is 0 Å². The zero-order valence-corrected chi connectivity index (χ0v) is 11.0. The van der Waals surface area contributed by atoms with Crippen LogP contribution in [0.25, 0.3) is 0 Å². The molecule has 19 heavy (non-hydrogen) atoms. The molecule has 1 aliphatic rings. The monoisotopic (exact) mass is 253 g/mol. The second-order valence-electron chi connectivity index (χ2n) is 5.13. The fourth-order valence-corrected chi connectivity index (χ4v) is 2.04. The lowest BCUT2D eigenvalue weighted by molar-refractivity contribution is 0.482.